The molecular formula is C6H11BrO. The lowest BCUT2D eigenvalue weighted by molar-refractivity contribution is 0.244. The molecule has 48 valence electrons. The van der Waals surface area contributed by atoms with Crippen molar-refractivity contribution in [3.05, 3.63) is 11.2 Å². The fraction of sp³-hybridized carbons (Fsp3) is 0.667. The van der Waals surface area contributed by atoms with Crippen molar-refractivity contribution in [2.45, 2.75) is 19.8 Å². The first-order valence-electron chi connectivity index (χ1n) is 2.78. The number of hydrogen-bond acceptors (Lipinski definition) is 1. The molecule has 1 nitrogen and oxygen atoms in total. The Labute approximate surface area is 58.9 Å². The molecule has 0 radical (unpaired) electrons. The second-order valence-electron chi connectivity index (χ2n) is 1.49. The molecule has 0 rings (SSSR count). The molecule has 0 aliphatic rings. The van der Waals surface area contributed by atoms with Crippen LogP contribution in [0.3, 0.4) is 0 Å². The predicted molar refractivity (Wildman–Crippen MR) is 38.9 cm³/mol. The van der Waals surface area contributed by atoms with Crippen molar-refractivity contribution in [2.75, 3.05) is 6.61 Å². The lowest BCUT2D eigenvalue weighted by Crippen LogP contribution is -1.83. The first-order valence-corrected chi connectivity index (χ1v) is 3.70. The van der Waals surface area contributed by atoms with Gasteiger partial charge in [-0.3, -0.25) is 0 Å². The SMILES string of the molecule is CCCCO/C=C\Br. The van der Waals surface area contributed by atoms with Gasteiger partial charge in [-0.2, -0.15) is 0 Å². The number of hydrogen-bond donors (Lipinski definition) is 0. The van der Waals surface area contributed by atoms with Gasteiger partial charge in [-0.25, -0.2) is 0 Å². The summed E-state index contributed by atoms with van der Waals surface area (Å²) >= 11 is 3.10. The monoisotopic (exact) mass is 178 g/mol. The van der Waals surface area contributed by atoms with Gasteiger partial charge in [-0.15, -0.1) is 0 Å². The van der Waals surface area contributed by atoms with Gasteiger partial charge in [0, 0.05) is 4.99 Å². The Morgan fingerprint density at radius 1 is 1.62 bits per heavy atom. The maximum Gasteiger partial charge on any atom is 0.0898 e. The molecule has 0 aliphatic heterocycles. The minimum atomic E-state index is 0.832. The first-order chi connectivity index (χ1) is 3.91. The predicted octanol–water partition coefficient (Wildman–Crippen LogP) is 2.67. The van der Waals surface area contributed by atoms with Crippen molar-refractivity contribution < 1.29 is 4.74 Å². The Balaban J connectivity index is 2.72. The molecule has 0 spiro atoms. The third-order valence-electron chi connectivity index (χ3n) is 0.763. The number of ether oxygens (including phenoxy) is 1. The highest BCUT2D eigenvalue weighted by Gasteiger charge is 1.77. The maximum atomic E-state index is 5.00. The lowest BCUT2D eigenvalue weighted by atomic mass is 10.4. The highest BCUT2D eigenvalue weighted by molar-refractivity contribution is 9.11. The molecular weight excluding hydrogens is 168 g/mol. The molecule has 0 saturated carbocycles. The van der Waals surface area contributed by atoms with Crippen molar-refractivity contribution in [3.63, 3.8) is 0 Å². The van der Waals surface area contributed by atoms with Gasteiger partial charge in [0.1, 0.15) is 0 Å². The van der Waals surface area contributed by atoms with Crippen LogP contribution in [-0.2, 0) is 4.74 Å². The number of rotatable bonds is 4. The molecule has 0 aliphatic carbocycles. The quantitative estimate of drug-likeness (QED) is 0.476. The molecule has 0 N–H and O–H groups in total. The lowest BCUT2D eigenvalue weighted by Gasteiger charge is -1.94. The Kier molecular flexibility index (Phi) is 7.04. The van der Waals surface area contributed by atoms with Crippen LogP contribution >= 0.6 is 15.9 Å². The number of halogens is 1. The van der Waals surface area contributed by atoms with E-state index in [9.17, 15) is 0 Å². The number of unbranched alkanes of at least 4 members (excludes halogenated alkanes) is 1. The smallest absolute Gasteiger partial charge is 0.0898 e. The fourth-order valence-corrected chi connectivity index (χ4v) is 0.485. The fourth-order valence-electron chi connectivity index (χ4n) is 0.332. The van der Waals surface area contributed by atoms with Crippen molar-refractivity contribution >= 4 is 15.9 Å². The van der Waals surface area contributed by atoms with Crippen LogP contribution in [0.1, 0.15) is 19.8 Å². The molecule has 0 bridgehead atoms. The summed E-state index contributed by atoms with van der Waals surface area (Å²) in [6, 6.07) is 0. The molecule has 8 heavy (non-hydrogen) atoms. The van der Waals surface area contributed by atoms with Gasteiger partial charge in [0.05, 0.1) is 12.9 Å². The standard InChI is InChI=1S/C6H11BrO/c1-2-3-5-8-6-4-7/h4,6H,2-3,5H2,1H3/b6-4-. The first kappa shape index (κ1) is 8.02. The molecule has 0 fully saturated rings. The van der Waals surface area contributed by atoms with E-state index in [0.29, 0.717) is 0 Å². The van der Waals surface area contributed by atoms with Crippen LogP contribution in [0, 0.1) is 0 Å². The minimum Gasteiger partial charge on any atom is -0.501 e. The zero-order valence-corrected chi connectivity index (χ0v) is 6.65. The largest absolute Gasteiger partial charge is 0.501 e. The molecule has 0 aromatic carbocycles. The van der Waals surface area contributed by atoms with Crippen molar-refractivity contribution in [1.29, 1.82) is 0 Å². The average Bonchev–Trinajstić information content (AvgIpc) is 1.81. The summed E-state index contributed by atoms with van der Waals surface area (Å²) < 4.78 is 5.00. The second kappa shape index (κ2) is 7.02. The van der Waals surface area contributed by atoms with E-state index < -0.39 is 0 Å². The van der Waals surface area contributed by atoms with Crippen LogP contribution in [0.15, 0.2) is 11.2 Å². The topological polar surface area (TPSA) is 9.23 Å². The maximum absolute atomic E-state index is 5.00. The van der Waals surface area contributed by atoms with E-state index in [1.807, 2.05) is 0 Å². The summed E-state index contributed by atoms with van der Waals surface area (Å²) in [5.41, 5.74) is 0. The third-order valence-corrected chi connectivity index (χ3v) is 0.979. The van der Waals surface area contributed by atoms with Gasteiger partial charge in [-0.1, -0.05) is 29.3 Å². The molecule has 0 aromatic rings. The summed E-state index contributed by atoms with van der Waals surface area (Å²) in [5.74, 6) is 0. The van der Waals surface area contributed by atoms with Crippen LogP contribution in [0.2, 0.25) is 0 Å². The molecule has 0 atom stereocenters. The van der Waals surface area contributed by atoms with Crippen molar-refractivity contribution in [3.8, 4) is 0 Å². The Hall–Kier alpha value is 0.0200. The van der Waals surface area contributed by atoms with Gasteiger partial charge in [0.25, 0.3) is 0 Å². The Bertz CT molecular complexity index is 61.5. The Morgan fingerprint density at radius 2 is 2.38 bits per heavy atom. The minimum absolute atomic E-state index is 0.832. The summed E-state index contributed by atoms with van der Waals surface area (Å²) in [5, 5.41) is 0. The average molecular weight is 179 g/mol. The van der Waals surface area contributed by atoms with E-state index in [-0.39, 0.29) is 0 Å². The van der Waals surface area contributed by atoms with E-state index in [1.54, 1.807) is 11.2 Å². The molecule has 0 unspecified atom stereocenters. The zero-order valence-electron chi connectivity index (χ0n) is 5.06. The van der Waals surface area contributed by atoms with Crippen LogP contribution in [0.25, 0.3) is 0 Å². The highest BCUT2D eigenvalue weighted by Crippen LogP contribution is 1.89. The second-order valence-corrected chi connectivity index (χ2v) is 2.02. The van der Waals surface area contributed by atoms with Gasteiger partial charge >= 0.3 is 0 Å². The molecule has 0 amide bonds. The van der Waals surface area contributed by atoms with Gasteiger partial charge in [-0.05, 0) is 6.42 Å². The Morgan fingerprint density at radius 3 is 2.88 bits per heavy atom. The van der Waals surface area contributed by atoms with Crippen molar-refractivity contribution in [1.82, 2.24) is 0 Å². The molecule has 0 saturated heterocycles. The van der Waals surface area contributed by atoms with Crippen LogP contribution in [0.4, 0.5) is 0 Å². The van der Waals surface area contributed by atoms with Gasteiger partial charge < -0.3 is 4.74 Å². The summed E-state index contributed by atoms with van der Waals surface area (Å²) in [4.78, 5) is 1.71. The van der Waals surface area contributed by atoms with Gasteiger partial charge in [0.2, 0.25) is 0 Å². The molecule has 2 heteroatoms. The van der Waals surface area contributed by atoms with Crippen LogP contribution < -0.4 is 0 Å². The van der Waals surface area contributed by atoms with E-state index in [2.05, 4.69) is 22.9 Å². The summed E-state index contributed by atoms with van der Waals surface area (Å²) in [6.07, 6.45) is 3.98. The van der Waals surface area contributed by atoms with Crippen LogP contribution in [-0.4, -0.2) is 6.61 Å². The zero-order chi connectivity index (χ0) is 6.24. The van der Waals surface area contributed by atoms with E-state index >= 15 is 0 Å². The molecule has 0 aromatic heterocycles. The summed E-state index contributed by atoms with van der Waals surface area (Å²) in [7, 11) is 0. The third kappa shape index (κ3) is 6.02. The van der Waals surface area contributed by atoms with E-state index in [4.69, 9.17) is 4.74 Å². The van der Waals surface area contributed by atoms with Crippen LogP contribution in [0.5, 0.6) is 0 Å². The normalized spacial score (nSPS) is 10.2. The van der Waals surface area contributed by atoms with Gasteiger partial charge in [0.15, 0.2) is 0 Å². The summed E-state index contributed by atoms with van der Waals surface area (Å²) in [6.45, 7) is 2.97. The van der Waals surface area contributed by atoms with E-state index in [0.717, 1.165) is 13.0 Å². The molecule has 0 heterocycles. The van der Waals surface area contributed by atoms with Crippen molar-refractivity contribution in [2.24, 2.45) is 0 Å². The van der Waals surface area contributed by atoms with E-state index in [1.165, 1.54) is 6.42 Å². The highest BCUT2D eigenvalue weighted by atomic mass is 79.9.